The average Bonchev–Trinajstić information content (AvgIpc) is 3.69. The molecule has 0 bridgehead atoms. The van der Waals surface area contributed by atoms with Gasteiger partial charge in [0.25, 0.3) is 0 Å². The van der Waals surface area contributed by atoms with Gasteiger partial charge in [0.05, 0.1) is 16.7 Å². The third-order valence-electron chi connectivity index (χ3n) is 10.5. The number of para-hydroxylation sites is 2. The number of rotatable bonds is 3. The van der Waals surface area contributed by atoms with Gasteiger partial charge in [-0.25, -0.2) is 4.98 Å². The van der Waals surface area contributed by atoms with Crippen LogP contribution in [0.1, 0.15) is 0 Å². The lowest BCUT2D eigenvalue weighted by Crippen LogP contribution is -1.99. The molecule has 0 N–H and O–H groups in total. The first-order valence-electron chi connectivity index (χ1n) is 16.9. The van der Waals surface area contributed by atoms with Crippen molar-refractivity contribution in [3.05, 3.63) is 170 Å². The van der Waals surface area contributed by atoms with Crippen molar-refractivity contribution in [2.45, 2.75) is 0 Å². The highest BCUT2D eigenvalue weighted by molar-refractivity contribution is 6.18. The number of fused-ring (bicyclic) bond motifs is 8. The molecule has 8 aromatic carbocycles. The van der Waals surface area contributed by atoms with Crippen molar-refractivity contribution in [2.24, 2.45) is 0 Å². The van der Waals surface area contributed by atoms with E-state index in [-0.39, 0.29) is 0 Å². The molecule has 0 unspecified atom stereocenters. The molecule has 0 saturated carbocycles. The van der Waals surface area contributed by atoms with E-state index in [1.165, 1.54) is 77.5 Å². The fourth-order valence-electron chi connectivity index (χ4n) is 8.39. The van der Waals surface area contributed by atoms with Crippen LogP contribution < -0.4 is 0 Å². The molecule has 9 aromatic rings. The number of hydrogen-bond acceptors (Lipinski definition) is 1. The fourth-order valence-corrected chi connectivity index (χ4v) is 8.39. The summed E-state index contributed by atoms with van der Waals surface area (Å²) >= 11 is 0. The van der Waals surface area contributed by atoms with Crippen LogP contribution in [0.5, 0.6) is 0 Å². The SMILES string of the molecule is c1cc(-c2cccc(-c3nc4cccc5c4n3-c3ccccc3-c3ccccc3-5)c2)cc(-c2ccc3c4c(cccc24)-c2ccccc2-3)c1. The van der Waals surface area contributed by atoms with Crippen molar-refractivity contribution in [2.75, 3.05) is 0 Å². The minimum Gasteiger partial charge on any atom is -0.291 e. The molecule has 0 fully saturated rings. The van der Waals surface area contributed by atoms with Gasteiger partial charge in [-0.2, -0.15) is 0 Å². The Bertz CT molecular complexity index is 2810. The Hall–Kier alpha value is -6.51. The van der Waals surface area contributed by atoms with Crippen molar-refractivity contribution < 1.29 is 0 Å². The zero-order valence-electron chi connectivity index (χ0n) is 26.6. The van der Waals surface area contributed by atoms with Crippen LogP contribution >= 0.6 is 0 Å². The van der Waals surface area contributed by atoms with E-state index < -0.39 is 0 Å². The molecule has 0 saturated heterocycles. The van der Waals surface area contributed by atoms with E-state index >= 15 is 0 Å². The molecule has 2 heterocycles. The average molecular weight is 621 g/mol. The second kappa shape index (κ2) is 10.00. The molecule has 1 aromatic heterocycles. The Morgan fingerprint density at radius 3 is 1.63 bits per heavy atom. The van der Waals surface area contributed by atoms with Crippen LogP contribution in [-0.4, -0.2) is 9.55 Å². The minimum absolute atomic E-state index is 0.952. The Kier molecular flexibility index (Phi) is 5.42. The smallest absolute Gasteiger partial charge is 0.145 e. The highest BCUT2D eigenvalue weighted by Gasteiger charge is 2.26. The molecular weight excluding hydrogens is 593 g/mol. The second-order valence-electron chi connectivity index (χ2n) is 13.1. The minimum atomic E-state index is 0.952. The van der Waals surface area contributed by atoms with Gasteiger partial charge in [0.1, 0.15) is 5.82 Å². The Labute approximate surface area is 284 Å². The van der Waals surface area contributed by atoms with E-state index in [1.54, 1.807) is 0 Å². The van der Waals surface area contributed by atoms with E-state index in [0.717, 1.165) is 28.1 Å². The molecule has 226 valence electrons. The standard InChI is InChI=1S/C47H28N2/c1-4-18-37-34(15-1)38-19-5-6-24-44(38)49-46-42(37)22-10-23-43(46)48-47(49)32-14-8-12-30(28-32)29-11-7-13-31(27-29)33-25-26-41-36-17-3-2-16-35(36)40-21-9-20-39(33)45(40)41/h1-28H. The molecule has 0 atom stereocenters. The third-order valence-corrected chi connectivity index (χ3v) is 10.5. The highest BCUT2D eigenvalue weighted by atomic mass is 15.1. The highest BCUT2D eigenvalue weighted by Crippen LogP contribution is 2.50. The zero-order chi connectivity index (χ0) is 32.1. The lowest BCUT2D eigenvalue weighted by molar-refractivity contribution is 1.11. The van der Waals surface area contributed by atoms with Crippen LogP contribution in [0.4, 0.5) is 0 Å². The predicted octanol–water partition coefficient (Wildman–Crippen LogP) is 12.5. The Balaban J connectivity index is 1.07. The van der Waals surface area contributed by atoms with E-state index in [4.69, 9.17) is 4.98 Å². The molecule has 11 rings (SSSR count). The van der Waals surface area contributed by atoms with Crippen LogP contribution in [0.25, 0.3) is 106 Å². The fraction of sp³-hybridized carbons (Fsp3) is 0. The van der Waals surface area contributed by atoms with E-state index in [2.05, 4.69) is 174 Å². The molecule has 1 aliphatic carbocycles. The first-order chi connectivity index (χ1) is 24.3. The summed E-state index contributed by atoms with van der Waals surface area (Å²) in [7, 11) is 0. The van der Waals surface area contributed by atoms with Crippen LogP contribution in [0.15, 0.2) is 170 Å². The summed E-state index contributed by atoms with van der Waals surface area (Å²) in [6, 6.07) is 61.9. The molecule has 0 spiro atoms. The van der Waals surface area contributed by atoms with Gasteiger partial charge >= 0.3 is 0 Å². The van der Waals surface area contributed by atoms with Gasteiger partial charge in [-0.3, -0.25) is 4.57 Å². The lowest BCUT2D eigenvalue weighted by Gasteiger charge is -2.14. The molecule has 1 aliphatic heterocycles. The van der Waals surface area contributed by atoms with Crippen LogP contribution in [0, 0.1) is 0 Å². The number of aromatic nitrogens is 2. The van der Waals surface area contributed by atoms with Crippen molar-refractivity contribution >= 4 is 21.8 Å². The first-order valence-corrected chi connectivity index (χ1v) is 16.9. The van der Waals surface area contributed by atoms with Gasteiger partial charge in [0.2, 0.25) is 0 Å². The lowest BCUT2D eigenvalue weighted by atomic mass is 9.92. The molecule has 2 aliphatic rings. The summed E-state index contributed by atoms with van der Waals surface area (Å²) in [6.07, 6.45) is 0. The normalized spacial score (nSPS) is 12.1. The van der Waals surface area contributed by atoms with Crippen molar-refractivity contribution in [1.82, 2.24) is 9.55 Å². The van der Waals surface area contributed by atoms with Crippen LogP contribution in [0.3, 0.4) is 0 Å². The number of nitrogens with zero attached hydrogens (tertiary/aromatic N) is 2. The van der Waals surface area contributed by atoms with E-state index in [9.17, 15) is 0 Å². The van der Waals surface area contributed by atoms with E-state index in [1.807, 2.05) is 0 Å². The maximum Gasteiger partial charge on any atom is 0.145 e. The zero-order valence-corrected chi connectivity index (χ0v) is 26.6. The van der Waals surface area contributed by atoms with Crippen molar-refractivity contribution in [3.63, 3.8) is 0 Å². The molecule has 0 radical (unpaired) electrons. The van der Waals surface area contributed by atoms with Crippen LogP contribution in [-0.2, 0) is 0 Å². The molecule has 0 amide bonds. The molecule has 2 nitrogen and oxygen atoms in total. The van der Waals surface area contributed by atoms with Gasteiger partial charge in [0, 0.05) is 16.7 Å². The number of hydrogen-bond donors (Lipinski definition) is 0. The maximum atomic E-state index is 5.30. The van der Waals surface area contributed by atoms with Gasteiger partial charge < -0.3 is 0 Å². The van der Waals surface area contributed by atoms with Gasteiger partial charge in [-0.15, -0.1) is 0 Å². The van der Waals surface area contributed by atoms with E-state index in [0.29, 0.717) is 0 Å². The summed E-state index contributed by atoms with van der Waals surface area (Å²) in [5.41, 5.74) is 19.4. The summed E-state index contributed by atoms with van der Waals surface area (Å²) in [5, 5.41) is 2.65. The topological polar surface area (TPSA) is 17.8 Å². The van der Waals surface area contributed by atoms with Crippen LogP contribution in [0.2, 0.25) is 0 Å². The summed E-state index contributed by atoms with van der Waals surface area (Å²) in [5.74, 6) is 0.952. The second-order valence-corrected chi connectivity index (χ2v) is 13.1. The predicted molar refractivity (Wildman–Crippen MR) is 204 cm³/mol. The van der Waals surface area contributed by atoms with Gasteiger partial charge in [0.15, 0.2) is 0 Å². The number of benzene rings is 8. The summed E-state index contributed by atoms with van der Waals surface area (Å²) < 4.78 is 2.38. The molecule has 49 heavy (non-hydrogen) atoms. The molecular formula is C47H28N2. The quantitative estimate of drug-likeness (QED) is 0.192. The van der Waals surface area contributed by atoms with Crippen molar-refractivity contribution in [1.29, 1.82) is 0 Å². The summed E-state index contributed by atoms with van der Waals surface area (Å²) in [6.45, 7) is 0. The van der Waals surface area contributed by atoms with Crippen molar-refractivity contribution in [3.8, 4) is 83.8 Å². The first kappa shape index (κ1) is 26.5. The Morgan fingerprint density at radius 2 is 0.857 bits per heavy atom. The summed E-state index contributed by atoms with van der Waals surface area (Å²) in [4.78, 5) is 5.30. The van der Waals surface area contributed by atoms with Gasteiger partial charge in [-0.1, -0.05) is 146 Å². The molecule has 2 heteroatoms. The largest absolute Gasteiger partial charge is 0.291 e. The monoisotopic (exact) mass is 620 g/mol. The third kappa shape index (κ3) is 3.74. The number of imidazole rings is 1. The maximum absolute atomic E-state index is 5.30. The Morgan fingerprint density at radius 1 is 0.347 bits per heavy atom. The van der Waals surface area contributed by atoms with Gasteiger partial charge in [-0.05, 0) is 90.7 Å².